The fourth-order valence-corrected chi connectivity index (χ4v) is 2.22. The molecule has 0 aromatic rings. The van der Waals surface area contributed by atoms with Crippen molar-refractivity contribution in [2.75, 3.05) is 39.3 Å². The zero-order valence-corrected chi connectivity index (χ0v) is 12.1. The molecule has 7 heteroatoms. The minimum Gasteiger partial charge on any atom is -0.480 e. The van der Waals surface area contributed by atoms with Crippen LogP contribution in [-0.2, 0) is 4.79 Å². The van der Waals surface area contributed by atoms with Crippen molar-refractivity contribution in [2.45, 2.75) is 26.3 Å². The van der Waals surface area contributed by atoms with Gasteiger partial charge < -0.3 is 14.9 Å². The number of rotatable bonds is 5. The molecule has 20 heavy (non-hydrogen) atoms. The Morgan fingerprint density at radius 3 is 2.35 bits per heavy atom. The second-order valence-corrected chi connectivity index (χ2v) is 5.13. The van der Waals surface area contributed by atoms with E-state index in [-0.39, 0.29) is 18.6 Å². The first-order valence-corrected chi connectivity index (χ1v) is 6.82. The van der Waals surface area contributed by atoms with Crippen LogP contribution in [0, 0.1) is 11.3 Å². The van der Waals surface area contributed by atoms with Gasteiger partial charge in [0.05, 0.1) is 19.0 Å². The quantitative estimate of drug-likeness (QED) is 0.790. The highest BCUT2D eigenvalue weighted by Gasteiger charge is 2.26. The molecule has 0 aliphatic carbocycles. The molecule has 0 unspecified atom stereocenters. The van der Waals surface area contributed by atoms with Gasteiger partial charge in [-0.2, -0.15) is 5.26 Å². The maximum atomic E-state index is 12.4. The Kier molecular flexibility index (Phi) is 6.25. The Labute approximate surface area is 119 Å². The molecule has 0 radical (unpaired) electrons. The van der Waals surface area contributed by atoms with E-state index in [1.807, 2.05) is 18.7 Å². The van der Waals surface area contributed by atoms with Gasteiger partial charge in [-0.05, 0) is 13.8 Å². The summed E-state index contributed by atoms with van der Waals surface area (Å²) in [4.78, 5) is 28.3. The fourth-order valence-electron chi connectivity index (χ4n) is 2.22. The number of nitrogens with zero attached hydrogens (tertiary/aromatic N) is 4. The third kappa shape index (κ3) is 4.70. The SMILES string of the molecule is CC(C)N(CCC#N)C(=O)N1CCN(CC(=O)O)CC1. The van der Waals surface area contributed by atoms with E-state index in [4.69, 9.17) is 10.4 Å². The van der Waals surface area contributed by atoms with Gasteiger partial charge in [0.2, 0.25) is 0 Å². The van der Waals surface area contributed by atoms with Crippen molar-refractivity contribution >= 4 is 12.0 Å². The lowest BCUT2D eigenvalue weighted by atomic mass is 10.2. The Bertz CT molecular complexity index is 384. The number of amides is 2. The second-order valence-electron chi connectivity index (χ2n) is 5.13. The van der Waals surface area contributed by atoms with Gasteiger partial charge in [0, 0.05) is 38.8 Å². The molecular weight excluding hydrogens is 260 g/mol. The highest BCUT2D eigenvalue weighted by atomic mass is 16.4. The van der Waals surface area contributed by atoms with Gasteiger partial charge in [0.25, 0.3) is 0 Å². The zero-order valence-electron chi connectivity index (χ0n) is 12.1. The molecule has 1 heterocycles. The Hall–Kier alpha value is -1.81. The molecule has 1 saturated heterocycles. The number of aliphatic carboxylic acids is 1. The van der Waals surface area contributed by atoms with Crippen LogP contribution in [0.25, 0.3) is 0 Å². The summed E-state index contributed by atoms with van der Waals surface area (Å²) in [6.45, 7) is 6.51. The first-order chi connectivity index (χ1) is 9.45. The average Bonchev–Trinajstić information content (AvgIpc) is 2.38. The fraction of sp³-hybridized carbons (Fsp3) is 0.769. The second kappa shape index (κ2) is 7.70. The first kappa shape index (κ1) is 16.2. The predicted molar refractivity (Wildman–Crippen MR) is 73.1 cm³/mol. The molecule has 2 amide bonds. The molecule has 0 bridgehead atoms. The van der Waals surface area contributed by atoms with Gasteiger partial charge >= 0.3 is 12.0 Å². The molecule has 1 fully saturated rings. The smallest absolute Gasteiger partial charge is 0.320 e. The van der Waals surface area contributed by atoms with Crippen molar-refractivity contribution in [1.29, 1.82) is 5.26 Å². The normalized spacial score (nSPS) is 16.0. The van der Waals surface area contributed by atoms with Crippen LogP contribution in [0.2, 0.25) is 0 Å². The molecular formula is C13H22N4O3. The summed E-state index contributed by atoms with van der Waals surface area (Å²) in [5.74, 6) is -0.845. The van der Waals surface area contributed by atoms with Gasteiger partial charge in [-0.1, -0.05) is 0 Å². The summed E-state index contributed by atoms with van der Waals surface area (Å²) in [5, 5.41) is 17.4. The lowest BCUT2D eigenvalue weighted by Gasteiger charge is -2.38. The molecule has 0 aromatic carbocycles. The highest BCUT2D eigenvalue weighted by molar-refractivity contribution is 5.75. The van der Waals surface area contributed by atoms with E-state index in [1.54, 1.807) is 9.80 Å². The first-order valence-electron chi connectivity index (χ1n) is 6.82. The Morgan fingerprint density at radius 2 is 1.90 bits per heavy atom. The molecule has 0 saturated carbocycles. The number of hydrogen-bond acceptors (Lipinski definition) is 4. The van der Waals surface area contributed by atoms with E-state index < -0.39 is 5.97 Å². The molecule has 1 aliphatic heterocycles. The van der Waals surface area contributed by atoms with Crippen LogP contribution < -0.4 is 0 Å². The zero-order chi connectivity index (χ0) is 15.1. The molecule has 1 rings (SSSR count). The molecule has 0 aromatic heterocycles. The van der Waals surface area contributed by atoms with Crippen LogP contribution in [0.15, 0.2) is 0 Å². The number of carboxylic acids is 1. The lowest BCUT2D eigenvalue weighted by molar-refractivity contribution is -0.138. The average molecular weight is 282 g/mol. The number of nitriles is 1. The van der Waals surface area contributed by atoms with E-state index in [9.17, 15) is 9.59 Å². The third-order valence-corrected chi connectivity index (χ3v) is 3.34. The summed E-state index contributed by atoms with van der Waals surface area (Å²) >= 11 is 0. The van der Waals surface area contributed by atoms with Crippen molar-refractivity contribution in [2.24, 2.45) is 0 Å². The predicted octanol–water partition coefficient (Wildman–Crippen LogP) is 0.433. The van der Waals surface area contributed by atoms with Crippen LogP contribution >= 0.6 is 0 Å². The van der Waals surface area contributed by atoms with Crippen molar-refractivity contribution in [1.82, 2.24) is 14.7 Å². The van der Waals surface area contributed by atoms with Gasteiger partial charge in [-0.25, -0.2) is 4.79 Å². The van der Waals surface area contributed by atoms with Gasteiger partial charge in [0.1, 0.15) is 0 Å². The van der Waals surface area contributed by atoms with Crippen LogP contribution in [0.4, 0.5) is 4.79 Å². The molecule has 7 nitrogen and oxygen atoms in total. The molecule has 1 N–H and O–H groups in total. The molecule has 112 valence electrons. The standard InChI is InChI=1S/C13H22N4O3/c1-11(2)17(5-3-4-14)13(20)16-8-6-15(7-9-16)10-12(18)19/h11H,3,5-10H2,1-2H3,(H,18,19). The number of piperazine rings is 1. The Morgan fingerprint density at radius 1 is 1.30 bits per heavy atom. The van der Waals surface area contributed by atoms with Crippen LogP contribution in [0.1, 0.15) is 20.3 Å². The summed E-state index contributed by atoms with van der Waals surface area (Å²) < 4.78 is 0. The largest absolute Gasteiger partial charge is 0.480 e. The summed E-state index contributed by atoms with van der Waals surface area (Å²) in [6.07, 6.45) is 0.322. The van der Waals surface area contributed by atoms with E-state index in [1.165, 1.54) is 0 Å². The summed E-state index contributed by atoms with van der Waals surface area (Å²) in [7, 11) is 0. The van der Waals surface area contributed by atoms with Gasteiger partial charge in [-0.15, -0.1) is 0 Å². The van der Waals surface area contributed by atoms with Gasteiger partial charge in [0.15, 0.2) is 0 Å². The van der Waals surface area contributed by atoms with Crippen LogP contribution in [0.3, 0.4) is 0 Å². The van der Waals surface area contributed by atoms with Crippen molar-refractivity contribution < 1.29 is 14.7 Å². The van der Waals surface area contributed by atoms with E-state index in [2.05, 4.69) is 6.07 Å². The number of carbonyl (C=O) groups excluding carboxylic acids is 1. The minimum atomic E-state index is -0.845. The Balaban J connectivity index is 2.51. The van der Waals surface area contributed by atoms with Crippen molar-refractivity contribution in [3.05, 3.63) is 0 Å². The maximum Gasteiger partial charge on any atom is 0.320 e. The number of carboxylic acid groups (broad SMARTS) is 1. The highest BCUT2D eigenvalue weighted by Crippen LogP contribution is 2.09. The topological polar surface area (TPSA) is 87.9 Å². The lowest BCUT2D eigenvalue weighted by Crippen LogP contribution is -2.54. The number of hydrogen-bond donors (Lipinski definition) is 1. The van der Waals surface area contributed by atoms with E-state index >= 15 is 0 Å². The van der Waals surface area contributed by atoms with Crippen LogP contribution in [0.5, 0.6) is 0 Å². The summed E-state index contributed by atoms with van der Waals surface area (Å²) in [6, 6.07) is 2.04. The molecule has 0 atom stereocenters. The maximum absolute atomic E-state index is 12.4. The van der Waals surface area contributed by atoms with E-state index in [0.717, 1.165) is 0 Å². The molecule has 0 spiro atoms. The van der Waals surface area contributed by atoms with Gasteiger partial charge in [-0.3, -0.25) is 9.69 Å². The van der Waals surface area contributed by atoms with Crippen LogP contribution in [-0.4, -0.2) is 77.1 Å². The number of carbonyl (C=O) groups is 2. The third-order valence-electron chi connectivity index (χ3n) is 3.34. The number of urea groups is 1. The molecule has 1 aliphatic rings. The monoisotopic (exact) mass is 282 g/mol. The van der Waals surface area contributed by atoms with E-state index in [0.29, 0.717) is 39.1 Å². The van der Waals surface area contributed by atoms with Crippen molar-refractivity contribution in [3.63, 3.8) is 0 Å². The summed E-state index contributed by atoms with van der Waals surface area (Å²) in [5.41, 5.74) is 0. The van der Waals surface area contributed by atoms with Crippen molar-refractivity contribution in [3.8, 4) is 6.07 Å². The minimum absolute atomic E-state index is 0.0182.